The molecule has 1 heterocycles. The van der Waals surface area contributed by atoms with E-state index in [0.717, 1.165) is 23.4 Å². The predicted octanol–water partition coefficient (Wildman–Crippen LogP) is 4.56. The Hall–Kier alpha value is -2.80. The van der Waals surface area contributed by atoms with Crippen LogP contribution in [-0.4, -0.2) is 21.9 Å². The van der Waals surface area contributed by atoms with Gasteiger partial charge in [-0.25, -0.2) is 0 Å². The predicted molar refractivity (Wildman–Crippen MR) is 110 cm³/mol. The number of benzene rings is 2. The number of hydrogen-bond donors (Lipinski definition) is 1. The van der Waals surface area contributed by atoms with Crippen molar-refractivity contribution in [3.05, 3.63) is 65.0 Å². The monoisotopic (exact) mass is 397 g/mol. The molecule has 3 aromatic rings. The van der Waals surface area contributed by atoms with Crippen molar-refractivity contribution in [3.63, 3.8) is 0 Å². The summed E-state index contributed by atoms with van der Waals surface area (Å²) in [7, 11) is 0. The molecule has 0 fully saturated rings. The molecule has 0 aliphatic heterocycles. The second-order valence-electron chi connectivity index (χ2n) is 6.38. The van der Waals surface area contributed by atoms with Crippen LogP contribution >= 0.6 is 11.8 Å². The number of aromatic nitrogens is 2. The molecule has 28 heavy (non-hydrogen) atoms. The van der Waals surface area contributed by atoms with Gasteiger partial charge in [0.1, 0.15) is 5.75 Å². The third-order valence-corrected chi connectivity index (χ3v) is 5.08. The van der Waals surface area contributed by atoms with Crippen LogP contribution in [0.2, 0.25) is 0 Å². The Balaban J connectivity index is 1.45. The molecule has 2 aromatic carbocycles. The van der Waals surface area contributed by atoms with E-state index in [1.165, 1.54) is 22.9 Å². The molecule has 3 rings (SSSR count). The van der Waals surface area contributed by atoms with Gasteiger partial charge in [-0.05, 0) is 61.2 Å². The normalized spacial score (nSPS) is 10.7. The van der Waals surface area contributed by atoms with Gasteiger partial charge in [0.25, 0.3) is 11.1 Å². The number of rotatable bonds is 8. The first kappa shape index (κ1) is 19.9. The second-order valence-corrected chi connectivity index (χ2v) is 7.31. The van der Waals surface area contributed by atoms with Gasteiger partial charge in [-0.3, -0.25) is 4.79 Å². The van der Waals surface area contributed by atoms with Crippen molar-refractivity contribution in [2.24, 2.45) is 0 Å². The van der Waals surface area contributed by atoms with E-state index in [1.54, 1.807) is 0 Å². The number of hydrogen-bond acceptors (Lipinski definition) is 6. The van der Waals surface area contributed by atoms with Crippen molar-refractivity contribution in [1.29, 1.82) is 0 Å². The van der Waals surface area contributed by atoms with E-state index in [1.807, 2.05) is 56.3 Å². The molecule has 0 radical (unpaired) electrons. The highest BCUT2D eigenvalue weighted by Crippen LogP contribution is 2.19. The van der Waals surface area contributed by atoms with Crippen LogP contribution in [0.5, 0.6) is 5.75 Å². The molecule has 6 nitrogen and oxygen atoms in total. The Bertz CT molecular complexity index is 938. The van der Waals surface area contributed by atoms with E-state index in [2.05, 4.69) is 22.4 Å². The summed E-state index contributed by atoms with van der Waals surface area (Å²) in [5.74, 6) is 1.18. The summed E-state index contributed by atoms with van der Waals surface area (Å²) in [6.45, 7) is 6.34. The van der Waals surface area contributed by atoms with Crippen molar-refractivity contribution >= 4 is 23.4 Å². The van der Waals surface area contributed by atoms with Crippen LogP contribution in [-0.2, 0) is 17.8 Å². The first-order valence-corrected chi connectivity index (χ1v) is 10.1. The highest BCUT2D eigenvalue weighted by atomic mass is 32.2. The van der Waals surface area contributed by atoms with Crippen molar-refractivity contribution in [2.45, 2.75) is 39.0 Å². The molecule has 1 amide bonds. The number of thioether (sulfide) groups is 1. The Labute approximate surface area is 168 Å². The van der Waals surface area contributed by atoms with Crippen LogP contribution in [0.15, 0.2) is 52.1 Å². The van der Waals surface area contributed by atoms with Crippen LogP contribution in [0.25, 0.3) is 0 Å². The summed E-state index contributed by atoms with van der Waals surface area (Å²) >= 11 is 1.19. The van der Waals surface area contributed by atoms with E-state index in [9.17, 15) is 4.79 Å². The second kappa shape index (κ2) is 9.41. The standard InChI is InChI=1S/C21H23N3O3S/c1-4-16-6-9-18(10-7-16)26-12-20-23-24-21(27-20)28-13-19(25)22-17-8-5-14(2)15(3)11-17/h5-11H,4,12-13H2,1-3H3,(H,22,25). The lowest BCUT2D eigenvalue weighted by molar-refractivity contribution is -0.113. The number of anilines is 1. The molecule has 0 saturated carbocycles. The highest BCUT2D eigenvalue weighted by molar-refractivity contribution is 7.99. The SMILES string of the molecule is CCc1ccc(OCc2nnc(SCC(=O)Nc3ccc(C)c(C)c3)o2)cc1. The lowest BCUT2D eigenvalue weighted by Gasteiger charge is -2.06. The van der Waals surface area contributed by atoms with E-state index < -0.39 is 0 Å². The van der Waals surface area contributed by atoms with Gasteiger partial charge in [0.2, 0.25) is 5.91 Å². The fourth-order valence-corrected chi connectivity index (χ4v) is 3.05. The third kappa shape index (κ3) is 5.60. The maximum absolute atomic E-state index is 12.1. The average Bonchev–Trinajstić information content (AvgIpc) is 3.16. The topological polar surface area (TPSA) is 77.2 Å². The van der Waals surface area contributed by atoms with E-state index in [-0.39, 0.29) is 18.3 Å². The summed E-state index contributed by atoms with van der Waals surface area (Å²) in [4.78, 5) is 12.1. The van der Waals surface area contributed by atoms with Crippen LogP contribution in [0.4, 0.5) is 5.69 Å². The summed E-state index contributed by atoms with van der Waals surface area (Å²) in [5, 5.41) is 11.1. The number of aryl methyl sites for hydroxylation is 3. The minimum atomic E-state index is -0.125. The zero-order valence-electron chi connectivity index (χ0n) is 16.2. The number of carbonyl (C=O) groups is 1. The lowest BCUT2D eigenvalue weighted by Crippen LogP contribution is -2.14. The fraction of sp³-hybridized carbons (Fsp3) is 0.286. The van der Waals surface area contributed by atoms with Gasteiger partial charge in [0, 0.05) is 5.69 Å². The number of nitrogens with one attached hydrogen (secondary N) is 1. The maximum Gasteiger partial charge on any atom is 0.277 e. The summed E-state index contributed by atoms with van der Waals surface area (Å²) in [6, 6.07) is 13.7. The molecule has 0 bridgehead atoms. The molecule has 0 aliphatic rings. The smallest absolute Gasteiger partial charge is 0.277 e. The molecule has 1 N–H and O–H groups in total. The lowest BCUT2D eigenvalue weighted by atomic mass is 10.1. The summed E-state index contributed by atoms with van der Waals surface area (Å²) in [6.07, 6.45) is 0.988. The molecular formula is C21H23N3O3S. The Morgan fingerprint density at radius 1 is 1.11 bits per heavy atom. The number of amides is 1. The van der Waals surface area contributed by atoms with E-state index in [4.69, 9.17) is 9.15 Å². The number of nitrogens with zero attached hydrogens (tertiary/aromatic N) is 2. The molecule has 0 atom stereocenters. The van der Waals surface area contributed by atoms with Gasteiger partial charge < -0.3 is 14.5 Å². The van der Waals surface area contributed by atoms with Crippen LogP contribution in [0, 0.1) is 13.8 Å². The van der Waals surface area contributed by atoms with Crippen molar-refractivity contribution in [3.8, 4) is 5.75 Å². The fourth-order valence-electron chi connectivity index (χ4n) is 2.46. The van der Waals surface area contributed by atoms with Crippen LogP contribution in [0.1, 0.15) is 29.5 Å². The first-order chi connectivity index (χ1) is 13.5. The number of carbonyl (C=O) groups excluding carboxylic acids is 1. The molecule has 0 aliphatic carbocycles. The molecule has 146 valence electrons. The van der Waals surface area contributed by atoms with Crippen molar-refractivity contribution in [2.75, 3.05) is 11.1 Å². The van der Waals surface area contributed by atoms with Gasteiger partial charge in [-0.15, -0.1) is 10.2 Å². The molecular weight excluding hydrogens is 374 g/mol. The molecule has 7 heteroatoms. The zero-order valence-corrected chi connectivity index (χ0v) is 17.0. The van der Waals surface area contributed by atoms with E-state index >= 15 is 0 Å². The van der Waals surface area contributed by atoms with Gasteiger partial charge >= 0.3 is 0 Å². The largest absolute Gasteiger partial charge is 0.484 e. The van der Waals surface area contributed by atoms with Gasteiger partial charge in [0.15, 0.2) is 6.61 Å². The van der Waals surface area contributed by atoms with Gasteiger partial charge in [-0.2, -0.15) is 0 Å². The van der Waals surface area contributed by atoms with Crippen molar-refractivity contribution < 1.29 is 13.9 Å². The minimum Gasteiger partial charge on any atom is -0.484 e. The quantitative estimate of drug-likeness (QED) is 0.562. The summed E-state index contributed by atoms with van der Waals surface area (Å²) < 4.78 is 11.2. The minimum absolute atomic E-state index is 0.125. The summed E-state index contributed by atoms with van der Waals surface area (Å²) in [5.41, 5.74) is 4.36. The maximum atomic E-state index is 12.1. The zero-order chi connectivity index (χ0) is 19.9. The van der Waals surface area contributed by atoms with Crippen LogP contribution < -0.4 is 10.1 Å². The Kier molecular flexibility index (Phi) is 6.71. The van der Waals surface area contributed by atoms with Gasteiger partial charge in [-0.1, -0.05) is 36.9 Å². The Morgan fingerprint density at radius 2 is 1.89 bits per heavy atom. The average molecular weight is 398 g/mol. The Morgan fingerprint density at radius 3 is 2.61 bits per heavy atom. The molecule has 0 saturated heterocycles. The van der Waals surface area contributed by atoms with Crippen molar-refractivity contribution in [1.82, 2.24) is 10.2 Å². The molecule has 1 aromatic heterocycles. The first-order valence-electron chi connectivity index (χ1n) is 9.07. The molecule has 0 spiro atoms. The number of ether oxygens (including phenoxy) is 1. The third-order valence-electron chi connectivity index (χ3n) is 4.26. The highest BCUT2D eigenvalue weighted by Gasteiger charge is 2.11. The molecule has 0 unspecified atom stereocenters. The van der Waals surface area contributed by atoms with Crippen LogP contribution in [0.3, 0.4) is 0 Å². The van der Waals surface area contributed by atoms with Gasteiger partial charge in [0.05, 0.1) is 5.75 Å². The van der Waals surface area contributed by atoms with E-state index in [0.29, 0.717) is 11.1 Å².